The first kappa shape index (κ1) is 27.9. The Kier molecular flexibility index (Phi) is 9.36. The van der Waals surface area contributed by atoms with Crippen LogP contribution in [0.2, 0.25) is 0 Å². The number of fused-ring (bicyclic) bond motifs is 1. The number of benzene rings is 3. The molecule has 1 heterocycles. The number of aromatic amines is 1. The molecule has 0 spiro atoms. The molecule has 0 saturated carbocycles. The molecule has 0 atom stereocenters. The van der Waals surface area contributed by atoms with E-state index in [1.165, 1.54) is 12.1 Å². The summed E-state index contributed by atoms with van der Waals surface area (Å²) in [5, 5.41) is 4.09. The molecule has 0 bridgehead atoms. The van der Waals surface area contributed by atoms with Gasteiger partial charge in [0.15, 0.2) is 0 Å². The number of carbonyl (C=O) groups excluding carboxylic acids is 2. The molecule has 0 aliphatic heterocycles. The number of hydrogen-bond donors (Lipinski definition) is 2. The van der Waals surface area contributed by atoms with E-state index in [1.807, 2.05) is 62.5 Å². The Balaban J connectivity index is 1.51. The first-order chi connectivity index (χ1) is 18.8. The van der Waals surface area contributed by atoms with E-state index in [1.54, 1.807) is 21.9 Å². The van der Waals surface area contributed by atoms with Crippen LogP contribution >= 0.6 is 0 Å². The summed E-state index contributed by atoms with van der Waals surface area (Å²) in [6.45, 7) is 7.30. The molecule has 39 heavy (non-hydrogen) atoms. The van der Waals surface area contributed by atoms with Gasteiger partial charge in [0, 0.05) is 42.4 Å². The molecule has 0 unspecified atom stereocenters. The first-order valence-electron chi connectivity index (χ1n) is 13.5. The summed E-state index contributed by atoms with van der Waals surface area (Å²) in [5.41, 5.74) is 4.84. The van der Waals surface area contributed by atoms with Crippen molar-refractivity contribution in [3.8, 4) is 0 Å². The van der Waals surface area contributed by atoms with E-state index in [9.17, 15) is 14.0 Å². The van der Waals surface area contributed by atoms with E-state index in [4.69, 9.17) is 0 Å². The highest BCUT2D eigenvalue weighted by Crippen LogP contribution is 2.19. The highest BCUT2D eigenvalue weighted by Gasteiger charge is 2.23. The number of hydrogen-bond acceptors (Lipinski definition) is 2. The van der Waals surface area contributed by atoms with Crippen molar-refractivity contribution < 1.29 is 14.0 Å². The predicted molar refractivity (Wildman–Crippen MR) is 155 cm³/mol. The molecule has 7 heteroatoms. The first-order valence-corrected chi connectivity index (χ1v) is 13.5. The monoisotopic (exact) mass is 528 g/mol. The SMILES string of the molecule is CCc1cccc(NC(=O)N(CC(=O)N(CCc2c[nH]c3ccccc23)Cc2ccc(F)cc2)CC(C)C)c1. The van der Waals surface area contributed by atoms with Crippen molar-refractivity contribution in [3.63, 3.8) is 0 Å². The largest absolute Gasteiger partial charge is 0.361 e. The average molecular weight is 529 g/mol. The number of halogens is 1. The van der Waals surface area contributed by atoms with Crippen molar-refractivity contribution in [2.75, 3.05) is 25.0 Å². The Morgan fingerprint density at radius 1 is 0.949 bits per heavy atom. The van der Waals surface area contributed by atoms with Crippen LogP contribution in [0.4, 0.5) is 14.9 Å². The maximum atomic E-state index is 13.7. The number of aromatic nitrogens is 1. The summed E-state index contributed by atoms with van der Waals surface area (Å²) in [6, 6.07) is 21.7. The van der Waals surface area contributed by atoms with Crippen LogP contribution in [0.3, 0.4) is 0 Å². The molecule has 4 aromatic rings. The van der Waals surface area contributed by atoms with Crippen LogP contribution in [0.25, 0.3) is 10.9 Å². The lowest BCUT2D eigenvalue weighted by Crippen LogP contribution is -2.46. The highest BCUT2D eigenvalue weighted by molar-refractivity contribution is 5.92. The molecule has 0 fully saturated rings. The Bertz CT molecular complexity index is 1400. The third-order valence-electron chi connectivity index (χ3n) is 6.75. The fourth-order valence-corrected chi connectivity index (χ4v) is 4.69. The van der Waals surface area contributed by atoms with Crippen molar-refractivity contribution in [2.45, 2.75) is 40.2 Å². The van der Waals surface area contributed by atoms with Gasteiger partial charge in [0.1, 0.15) is 12.4 Å². The fourth-order valence-electron chi connectivity index (χ4n) is 4.69. The number of para-hydroxylation sites is 1. The van der Waals surface area contributed by atoms with Crippen LogP contribution < -0.4 is 5.32 Å². The molecule has 6 nitrogen and oxygen atoms in total. The van der Waals surface area contributed by atoms with Crippen molar-refractivity contribution in [1.82, 2.24) is 14.8 Å². The maximum absolute atomic E-state index is 13.7. The van der Waals surface area contributed by atoms with E-state index in [0.717, 1.165) is 34.0 Å². The van der Waals surface area contributed by atoms with Crippen LogP contribution in [0, 0.1) is 11.7 Å². The maximum Gasteiger partial charge on any atom is 0.322 e. The number of aryl methyl sites for hydroxylation is 1. The number of amides is 3. The van der Waals surface area contributed by atoms with Crippen LogP contribution in [0.5, 0.6) is 0 Å². The second-order valence-corrected chi connectivity index (χ2v) is 10.3. The minimum absolute atomic E-state index is 0.0490. The van der Waals surface area contributed by atoms with Crippen LogP contribution in [-0.2, 0) is 24.2 Å². The highest BCUT2D eigenvalue weighted by atomic mass is 19.1. The molecular formula is C32H37FN4O2. The van der Waals surface area contributed by atoms with Gasteiger partial charge in [-0.1, -0.05) is 63.2 Å². The lowest BCUT2D eigenvalue weighted by atomic mass is 10.1. The smallest absolute Gasteiger partial charge is 0.322 e. The minimum Gasteiger partial charge on any atom is -0.361 e. The van der Waals surface area contributed by atoms with Gasteiger partial charge in [-0.2, -0.15) is 0 Å². The molecule has 0 aliphatic carbocycles. The topological polar surface area (TPSA) is 68.4 Å². The normalized spacial score (nSPS) is 11.1. The number of rotatable bonds is 11. The zero-order valence-corrected chi connectivity index (χ0v) is 22.9. The molecule has 0 saturated heterocycles. The second kappa shape index (κ2) is 13.1. The standard InChI is InChI=1S/C32H37FN4O2/c1-4-24-8-7-9-28(18-24)35-32(39)37(20-23(2)3)22-31(38)36(21-25-12-14-27(33)15-13-25)17-16-26-19-34-30-11-6-5-10-29(26)30/h5-15,18-19,23,34H,4,16-17,20-22H2,1-3H3,(H,35,39). The van der Waals surface area contributed by atoms with Gasteiger partial charge in [0.05, 0.1) is 0 Å². The van der Waals surface area contributed by atoms with E-state index < -0.39 is 0 Å². The van der Waals surface area contributed by atoms with Gasteiger partial charge < -0.3 is 20.1 Å². The van der Waals surface area contributed by atoms with Gasteiger partial charge in [-0.05, 0) is 65.8 Å². The number of urea groups is 1. The van der Waals surface area contributed by atoms with Crippen molar-refractivity contribution >= 4 is 28.5 Å². The number of anilines is 1. The van der Waals surface area contributed by atoms with Gasteiger partial charge in [-0.15, -0.1) is 0 Å². The van der Waals surface area contributed by atoms with Crippen molar-refractivity contribution in [2.24, 2.45) is 5.92 Å². The lowest BCUT2D eigenvalue weighted by Gasteiger charge is -2.29. The summed E-state index contributed by atoms with van der Waals surface area (Å²) in [5.74, 6) is -0.290. The van der Waals surface area contributed by atoms with Crippen molar-refractivity contribution in [1.29, 1.82) is 0 Å². The fraction of sp³-hybridized carbons (Fsp3) is 0.312. The van der Waals surface area contributed by atoms with Crippen LogP contribution in [-0.4, -0.2) is 46.4 Å². The number of nitrogens with one attached hydrogen (secondary N) is 2. The summed E-state index contributed by atoms with van der Waals surface area (Å²) >= 11 is 0. The Hall–Kier alpha value is -4.13. The molecule has 0 aliphatic rings. The average Bonchev–Trinajstić information content (AvgIpc) is 3.34. The Labute approximate surface area is 229 Å². The zero-order valence-electron chi connectivity index (χ0n) is 22.9. The van der Waals surface area contributed by atoms with E-state index in [2.05, 4.69) is 23.3 Å². The number of H-pyrrole nitrogens is 1. The molecule has 2 N–H and O–H groups in total. The van der Waals surface area contributed by atoms with E-state index in [0.29, 0.717) is 31.7 Å². The van der Waals surface area contributed by atoms with E-state index >= 15 is 0 Å². The van der Waals surface area contributed by atoms with E-state index in [-0.39, 0.29) is 30.2 Å². The number of carbonyl (C=O) groups is 2. The van der Waals surface area contributed by atoms with Crippen LogP contribution in [0.15, 0.2) is 79.0 Å². The molecule has 3 aromatic carbocycles. The number of nitrogens with zero attached hydrogens (tertiary/aromatic N) is 2. The second-order valence-electron chi connectivity index (χ2n) is 10.3. The lowest BCUT2D eigenvalue weighted by molar-refractivity contribution is -0.132. The molecule has 1 aromatic heterocycles. The van der Waals surface area contributed by atoms with Gasteiger partial charge in [-0.3, -0.25) is 4.79 Å². The molecule has 3 amide bonds. The third kappa shape index (κ3) is 7.69. The Morgan fingerprint density at radius 2 is 1.72 bits per heavy atom. The van der Waals surface area contributed by atoms with Gasteiger partial charge in [0.25, 0.3) is 0 Å². The zero-order chi connectivity index (χ0) is 27.8. The van der Waals surface area contributed by atoms with Gasteiger partial charge in [-0.25, -0.2) is 9.18 Å². The van der Waals surface area contributed by atoms with Crippen molar-refractivity contribution in [3.05, 3.63) is 102 Å². The van der Waals surface area contributed by atoms with Gasteiger partial charge >= 0.3 is 6.03 Å². The molecular weight excluding hydrogens is 491 g/mol. The third-order valence-corrected chi connectivity index (χ3v) is 6.75. The summed E-state index contributed by atoms with van der Waals surface area (Å²) in [4.78, 5) is 33.6. The minimum atomic E-state index is -0.317. The van der Waals surface area contributed by atoms with Crippen LogP contribution in [0.1, 0.15) is 37.5 Å². The summed E-state index contributed by atoms with van der Waals surface area (Å²) in [6.07, 6.45) is 3.50. The summed E-state index contributed by atoms with van der Waals surface area (Å²) < 4.78 is 13.5. The summed E-state index contributed by atoms with van der Waals surface area (Å²) in [7, 11) is 0. The van der Waals surface area contributed by atoms with Gasteiger partial charge in [0.2, 0.25) is 5.91 Å². The molecule has 4 rings (SSSR count). The molecule has 0 radical (unpaired) electrons. The quantitative estimate of drug-likeness (QED) is 0.229. The Morgan fingerprint density at radius 3 is 2.46 bits per heavy atom. The predicted octanol–water partition coefficient (Wildman–Crippen LogP) is 6.63. The molecule has 204 valence electrons.